The number of hydrogen-bond acceptors (Lipinski definition) is 4. The highest BCUT2D eigenvalue weighted by Crippen LogP contribution is 2.23. The van der Waals surface area contributed by atoms with Crippen molar-refractivity contribution in [2.24, 2.45) is 4.99 Å². The summed E-state index contributed by atoms with van der Waals surface area (Å²) < 4.78 is 5.29. The average molecular weight is 339 g/mol. The van der Waals surface area contributed by atoms with Crippen LogP contribution in [0.1, 0.15) is 27.7 Å². The Bertz CT molecular complexity index is 855. The van der Waals surface area contributed by atoms with Crippen molar-refractivity contribution >= 4 is 29.3 Å². The standard InChI is InChI=1S/C19H15ClN2O2/c1-13-11-18(24-22-13)17(19(23)14-5-3-2-4-6-14)12-21-16-9-7-15(20)8-10-16/h2-12,17H,1H3. The van der Waals surface area contributed by atoms with E-state index in [0.717, 1.165) is 5.69 Å². The van der Waals surface area contributed by atoms with E-state index in [4.69, 9.17) is 16.1 Å². The van der Waals surface area contributed by atoms with Crippen LogP contribution >= 0.6 is 11.6 Å². The highest BCUT2D eigenvalue weighted by Gasteiger charge is 2.24. The third-order valence-corrected chi connectivity index (χ3v) is 3.74. The molecule has 24 heavy (non-hydrogen) atoms. The van der Waals surface area contributed by atoms with Crippen LogP contribution in [0, 0.1) is 6.92 Å². The van der Waals surface area contributed by atoms with Crippen LogP contribution in [0.3, 0.4) is 0 Å². The van der Waals surface area contributed by atoms with Gasteiger partial charge in [-0.3, -0.25) is 9.79 Å². The van der Waals surface area contributed by atoms with Crippen LogP contribution in [0.4, 0.5) is 5.69 Å². The molecule has 0 N–H and O–H groups in total. The molecule has 1 atom stereocenters. The van der Waals surface area contributed by atoms with Gasteiger partial charge in [0.25, 0.3) is 0 Å². The van der Waals surface area contributed by atoms with Gasteiger partial charge in [0.2, 0.25) is 0 Å². The zero-order chi connectivity index (χ0) is 16.9. The van der Waals surface area contributed by atoms with Gasteiger partial charge in [0, 0.05) is 22.9 Å². The number of ketones is 1. The summed E-state index contributed by atoms with van der Waals surface area (Å²) in [4.78, 5) is 17.2. The van der Waals surface area contributed by atoms with E-state index >= 15 is 0 Å². The largest absolute Gasteiger partial charge is 0.360 e. The molecule has 0 saturated heterocycles. The lowest BCUT2D eigenvalue weighted by Gasteiger charge is -2.08. The summed E-state index contributed by atoms with van der Waals surface area (Å²) in [5.41, 5.74) is 2.02. The van der Waals surface area contributed by atoms with Crippen molar-refractivity contribution in [1.29, 1.82) is 0 Å². The fraction of sp³-hybridized carbons (Fsp3) is 0.105. The Morgan fingerprint density at radius 1 is 1.17 bits per heavy atom. The number of benzene rings is 2. The highest BCUT2D eigenvalue weighted by atomic mass is 35.5. The van der Waals surface area contributed by atoms with Gasteiger partial charge in [-0.1, -0.05) is 47.1 Å². The maximum Gasteiger partial charge on any atom is 0.178 e. The van der Waals surface area contributed by atoms with Gasteiger partial charge in [0.15, 0.2) is 11.5 Å². The van der Waals surface area contributed by atoms with Crippen LogP contribution in [0.15, 0.2) is 70.2 Å². The Kier molecular flexibility index (Phi) is 4.87. The monoisotopic (exact) mass is 338 g/mol. The third kappa shape index (κ3) is 3.78. The Morgan fingerprint density at radius 3 is 2.50 bits per heavy atom. The minimum absolute atomic E-state index is 0.0931. The van der Waals surface area contributed by atoms with Crippen molar-refractivity contribution in [2.45, 2.75) is 12.8 Å². The fourth-order valence-electron chi connectivity index (χ4n) is 2.27. The van der Waals surface area contributed by atoms with Crippen LogP contribution in [-0.2, 0) is 0 Å². The molecule has 1 aromatic heterocycles. The normalized spacial score (nSPS) is 12.4. The van der Waals surface area contributed by atoms with Crippen molar-refractivity contribution in [3.63, 3.8) is 0 Å². The van der Waals surface area contributed by atoms with Gasteiger partial charge in [0.1, 0.15) is 5.92 Å². The highest BCUT2D eigenvalue weighted by molar-refractivity contribution is 6.30. The fourth-order valence-corrected chi connectivity index (χ4v) is 2.40. The summed E-state index contributed by atoms with van der Waals surface area (Å²) in [5.74, 6) is -0.257. The van der Waals surface area contributed by atoms with Gasteiger partial charge in [-0.15, -0.1) is 0 Å². The first-order chi connectivity index (χ1) is 11.6. The number of carbonyl (C=O) groups is 1. The second-order valence-electron chi connectivity index (χ2n) is 5.33. The minimum atomic E-state index is -0.635. The molecule has 120 valence electrons. The van der Waals surface area contributed by atoms with E-state index < -0.39 is 5.92 Å². The van der Waals surface area contributed by atoms with Crippen LogP contribution < -0.4 is 0 Å². The number of carbonyl (C=O) groups excluding carboxylic acids is 1. The predicted octanol–water partition coefficient (Wildman–Crippen LogP) is 5.01. The molecule has 0 saturated carbocycles. The van der Waals surface area contributed by atoms with E-state index in [-0.39, 0.29) is 5.78 Å². The van der Waals surface area contributed by atoms with E-state index in [0.29, 0.717) is 22.0 Å². The topological polar surface area (TPSA) is 55.5 Å². The number of aromatic nitrogens is 1. The van der Waals surface area contributed by atoms with Gasteiger partial charge in [-0.05, 0) is 31.2 Å². The predicted molar refractivity (Wildman–Crippen MR) is 94.4 cm³/mol. The molecule has 1 heterocycles. The third-order valence-electron chi connectivity index (χ3n) is 3.49. The molecule has 0 bridgehead atoms. The lowest BCUT2D eigenvalue weighted by atomic mass is 9.96. The smallest absolute Gasteiger partial charge is 0.178 e. The molecule has 4 nitrogen and oxygen atoms in total. The Labute approximate surface area is 144 Å². The summed E-state index contributed by atoms with van der Waals surface area (Å²) in [6.45, 7) is 1.81. The molecule has 0 aliphatic rings. The van der Waals surface area contributed by atoms with Gasteiger partial charge < -0.3 is 4.52 Å². The molecule has 2 aromatic carbocycles. The summed E-state index contributed by atoms with van der Waals surface area (Å²) in [5, 5.41) is 4.51. The quantitative estimate of drug-likeness (QED) is 0.485. The lowest BCUT2D eigenvalue weighted by molar-refractivity contribution is 0.0974. The van der Waals surface area contributed by atoms with E-state index in [1.807, 2.05) is 25.1 Å². The van der Waals surface area contributed by atoms with Crippen molar-refractivity contribution in [2.75, 3.05) is 0 Å². The second kappa shape index (κ2) is 7.23. The van der Waals surface area contributed by atoms with E-state index in [1.54, 1.807) is 48.7 Å². The van der Waals surface area contributed by atoms with E-state index in [2.05, 4.69) is 10.1 Å². The van der Waals surface area contributed by atoms with Crippen molar-refractivity contribution in [3.8, 4) is 0 Å². The molecule has 0 fully saturated rings. The minimum Gasteiger partial charge on any atom is -0.360 e. The number of rotatable bonds is 5. The molecule has 5 heteroatoms. The van der Waals surface area contributed by atoms with E-state index in [1.165, 1.54) is 0 Å². The number of halogens is 1. The maximum absolute atomic E-state index is 12.8. The zero-order valence-electron chi connectivity index (χ0n) is 13.0. The van der Waals surface area contributed by atoms with Gasteiger partial charge in [-0.25, -0.2) is 0 Å². The van der Waals surface area contributed by atoms with Crippen molar-refractivity contribution in [3.05, 3.63) is 82.7 Å². The zero-order valence-corrected chi connectivity index (χ0v) is 13.8. The first-order valence-electron chi connectivity index (χ1n) is 7.46. The van der Waals surface area contributed by atoms with Crippen molar-refractivity contribution in [1.82, 2.24) is 5.16 Å². The van der Waals surface area contributed by atoms with E-state index in [9.17, 15) is 4.79 Å². The van der Waals surface area contributed by atoms with Crippen LogP contribution in [0.5, 0.6) is 0 Å². The molecule has 0 radical (unpaired) electrons. The molecular formula is C19H15ClN2O2. The molecule has 3 rings (SSSR count). The van der Waals surface area contributed by atoms with Gasteiger partial charge in [0.05, 0.1) is 11.4 Å². The average Bonchev–Trinajstić information content (AvgIpc) is 3.03. The molecular weight excluding hydrogens is 324 g/mol. The summed E-state index contributed by atoms with van der Waals surface area (Å²) in [7, 11) is 0. The summed E-state index contributed by atoms with van der Waals surface area (Å²) in [6, 6.07) is 17.9. The lowest BCUT2D eigenvalue weighted by Crippen LogP contribution is -2.13. The number of nitrogens with zero attached hydrogens (tertiary/aromatic N) is 2. The second-order valence-corrected chi connectivity index (χ2v) is 5.77. The number of aliphatic imine (C=N–C) groups is 1. The number of aryl methyl sites for hydroxylation is 1. The van der Waals surface area contributed by atoms with Crippen LogP contribution in [0.25, 0.3) is 0 Å². The Morgan fingerprint density at radius 2 is 1.88 bits per heavy atom. The molecule has 0 spiro atoms. The van der Waals surface area contributed by atoms with Crippen molar-refractivity contribution < 1.29 is 9.32 Å². The molecule has 0 aliphatic carbocycles. The number of hydrogen-bond donors (Lipinski definition) is 0. The first-order valence-corrected chi connectivity index (χ1v) is 7.83. The van der Waals surface area contributed by atoms with Crippen LogP contribution in [0.2, 0.25) is 5.02 Å². The Hall–Kier alpha value is -2.72. The van der Waals surface area contributed by atoms with Gasteiger partial charge in [-0.2, -0.15) is 0 Å². The summed E-state index contributed by atoms with van der Waals surface area (Å²) >= 11 is 5.87. The SMILES string of the molecule is Cc1cc(C(C=Nc2ccc(Cl)cc2)C(=O)c2ccccc2)on1. The summed E-state index contributed by atoms with van der Waals surface area (Å²) in [6.07, 6.45) is 1.58. The molecule has 0 amide bonds. The molecule has 3 aromatic rings. The Balaban J connectivity index is 1.93. The molecule has 0 aliphatic heterocycles. The number of Topliss-reactive ketones (excluding diaryl/α,β-unsaturated/α-hetero) is 1. The first kappa shape index (κ1) is 16.1. The van der Waals surface area contributed by atoms with Gasteiger partial charge >= 0.3 is 0 Å². The molecule has 1 unspecified atom stereocenters. The van der Waals surface area contributed by atoms with Crippen LogP contribution in [-0.4, -0.2) is 17.2 Å². The maximum atomic E-state index is 12.8.